The van der Waals surface area contributed by atoms with Crippen LogP contribution in [0.4, 0.5) is 0 Å². The number of ether oxygens (including phenoxy) is 6. The molecule has 30 heavy (non-hydrogen) atoms. The molecule has 3 aliphatic heterocycles. The highest BCUT2D eigenvalue weighted by atomic mass is 32.4. The summed E-state index contributed by atoms with van der Waals surface area (Å²) in [5.74, 6) is -1.29. The molecular formula is C22H41O6PS. The first kappa shape index (κ1) is 25.0. The third kappa shape index (κ3) is 6.26. The lowest BCUT2D eigenvalue weighted by molar-refractivity contribution is -0.235. The number of hydrogen-bond acceptors (Lipinski definition) is 7. The predicted molar refractivity (Wildman–Crippen MR) is 122 cm³/mol. The van der Waals surface area contributed by atoms with Crippen molar-refractivity contribution in [3.8, 4) is 0 Å². The summed E-state index contributed by atoms with van der Waals surface area (Å²) in [5.41, 5.74) is 0. The van der Waals surface area contributed by atoms with E-state index in [-0.39, 0.29) is 24.4 Å². The van der Waals surface area contributed by atoms with Crippen LogP contribution in [0.15, 0.2) is 0 Å². The molecule has 3 saturated heterocycles. The van der Waals surface area contributed by atoms with Gasteiger partial charge in [-0.05, 0) is 58.9 Å². The molecule has 8 heteroatoms. The number of unbranched alkanes of at least 4 members (excludes halogenated alkanes) is 2. The molecule has 0 aromatic carbocycles. The Morgan fingerprint density at radius 1 is 0.900 bits per heavy atom. The first-order valence-corrected chi connectivity index (χ1v) is 15.0. The molecule has 0 unspecified atom stereocenters. The molecule has 0 aliphatic carbocycles. The fourth-order valence-electron chi connectivity index (χ4n) is 4.45. The van der Waals surface area contributed by atoms with Crippen molar-refractivity contribution in [2.75, 3.05) is 31.7 Å². The molecule has 3 heterocycles. The van der Waals surface area contributed by atoms with Crippen LogP contribution >= 0.6 is 6.04 Å². The highest BCUT2D eigenvalue weighted by Gasteiger charge is 2.58. The van der Waals surface area contributed by atoms with Gasteiger partial charge >= 0.3 is 0 Å². The Balaban J connectivity index is 1.64. The summed E-state index contributed by atoms with van der Waals surface area (Å²) in [4.78, 5) is 0. The van der Waals surface area contributed by atoms with Crippen LogP contribution in [0.5, 0.6) is 0 Å². The van der Waals surface area contributed by atoms with Crippen LogP contribution in [-0.4, -0.2) is 74.0 Å². The van der Waals surface area contributed by atoms with Crippen LogP contribution in [0.1, 0.15) is 67.2 Å². The topological polar surface area (TPSA) is 55.4 Å². The molecule has 0 aromatic rings. The molecule has 6 nitrogen and oxygen atoms in total. The minimum atomic E-state index is -1.39. The molecule has 0 saturated carbocycles. The van der Waals surface area contributed by atoms with Gasteiger partial charge in [0.15, 0.2) is 17.9 Å². The summed E-state index contributed by atoms with van der Waals surface area (Å²) < 4.78 is 36.7. The van der Waals surface area contributed by atoms with E-state index in [9.17, 15) is 0 Å². The quantitative estimate of drug-likeness (QED) is 0.418. The van der Waals surface area contributed by atoms with Gasteiger partial charge in [0.1, 0.15) is 24.4 Å². The van der Waals surface area contributed by atoms with Crippen molar-refractivity contribution in [1.29, 1.82) is 0 Å². The summed E-state index contributed by atoms with van der Waals surface area (Å²) in [7, 11) is 0. The van der Waals surface area contributed by atoms with Crippen molar-refractivity contribution < 1.29 is 28.4 Å². The zero-order valence-corrected chi connectivity index (χ0v) is 21.3. The summed E-state index contributed by atoms with van der Waals surface area (Å²) in [5, 5.41) is 0. The first-order valence-electron chi connectivity index (χ1n) is 11.6. The summed E-state index contributed by atoms with van der Waals surface area (Å²) >= 11 is 6.17. The predicted octanol–water partition coefficient (Wildman–Crippen LogP) is 4.48. The van der Waals surface area contributed by atoms with E-state index in [0.717, 1.165) is 6.16 Å². The van der Waals surface area contributed by atoms with E-state index >= 15 is 0 Å². The molecule has 0 spiro atoms. The van der Waals surface area contributed by atoms with Crippen LogP contribution in [-0.2, 0) is 40.2 Å². The van der Waals surface area contributed by atoms with Crippen molar-refractivity contribution in [3.05, 3.63) is 0 Å². The van der Waals surface area contributed by atoms with E-state index < -0.39 is 23.9 Å². The largest absolute Gasteiger partial charge is 0.372 e. The zero-order chi connectivity index (χ0) is 22.0. The van der Waals surface area contributed by atoms with Crippen molar-refractivity contribution in [3.63, 3.8) is 0 Å². The van der Waals surface area contributed by atoms with Gasteiger partial charge in [0.25, 0.3) is 0 Å². The monoisotopic (exact) mass is 464 g/mol. The third-order valence-electron chi connectivity index (χ3n) is 6.07. The minimum absolute atomic E-state index is 0.200. The van der Waals surface area contributed by atoms with E-state index in [4.69, 9.17) is 40.2 Å². The van der Waals surface area contributed by atoms with Crippen molar-refractivity contribution >= 4 is 17.8 Å². The van der Waals surface area contributed by atoms with E-state index in [0.29, 0.717) is 13.2 Å². The zero-order valence-electron chi connectivity index (χ0n) is 19.6. The average Bonchev–Trinajstić information content (AvgIpc) is 3.28. The maximum atomic E-state index is 6.45. The molecule has 3 rings (SSSR count). The summed E-state index contributed by atoms with van der Waals surface area (Å²) in [6, 6.07) is -1.39. The van der Waals surface area contributed by atoms with Crippen molar-refractivity contribution in [2.45, 2.75) is 110 Å². The van der Waals surface area contributed by atoms with Crippen molar-refractivity contribution in [1.82, 2.24) is 0 Å². The van der Waals surface area contributed by atoms with Crippen LogP contribution in [0.3, 0.4) is 0 Å². The molecular weight excluding hydrogens is 423 g/mol. The molecule has 176 valence electrons. The summed E-state index contributed by atoms with van der Waals surface area (Å²) in [6.07, 6.45) is 6.73. The SMILES string of the molecule is CCCCP(=S)(CCCC)CCO[C@@H]1[C@H]2OC(C)(C)O[C@H]2O[C@@H]1[C@H]1COC(C)(C)O1. The molecule has 3 aliphatic rings. The van der Waals surface area contributed by atoms with Gasteiger partial charge in [-0.3, -0.25) is 0 Å². The maximum Gasteiger partial charge on any atom is 0.190 e. The van der Waals surface area contributed by atoms with Gasteiger partial charge in [-0.15, -0.1) is 0 Å². The fraction of sp³-hybridized carbons (Fsp3) is 1.00. The van der Waals surface area contributed by atoms with Crippen LogP contribution < -0.4 is 0 Å². The second kappa shape index (κ2) is 10.1. The molecule has 0 aromatic heterocycles. The summed E-state index contributed by atoms with van der Waals surface area (Å²) in [6.45, 7) is 13.3. The Kier molecular flexibility index (Phi) is 8.45. The number of fused-ring (bicyclic) bond motifs is 1. The molecule has 0 N–H and O–H groups in total. The Hall–Kier alpha value is 0.410. The highest BCUT2D eigenvalue weighted by Crippen LogP contribution is 2.48. The van der Waals surface area contributed by atoms with Gasteiger partial charge in [0.2, 0.25) is 0 Å². The smallest absolute Gasteiger partial charge is 0.190 e. The maximum absolute atomic E-state index is 6.45. The minimum Gasteiger partial charge on any atom is -0.372 e. The van der Waals surface area contributed by atoms with Crippen LogP contribution in [0, 0.1) is 0 Å². The van der Waals surface area contributed by atoms with E-state index in [1.807, 2.05) is 27.7 Å². The Morgan fingerprint density at radius 3 is 2.13 bits per heavy atom. The molecule has 0 bridgehead atoms. The fourth-order valence-corrected chi connectivity index (χ4v) is 8.35. The third-order valence-corrected chi connectivity index (χ3v) is 11.0. The Morgan fingerprint density at radius 2 is 1.57 bits per heavy atom. The Bertz CT molecular complexity index is 600. The molecule has 0 radical (unpaired) electrons. The normalized spacial score (nSPS) is 35.1. The van der Waals surface area contributed by atoms with Gasteiger partial charge in [-0.1, -0.05) is 38.5 Å². The number of rotatable bonds is 11. The molecule has 3 fully saturated rings. The van der Waals surface area contributed by atoms with Crippen LogP contribution in [0.2, 0.25) is 0 Å². The second-order valence-electron chi connectivity index (χ2n) is 9.71. The standard InChI is InChI=1S/C22H41O6PS/c1-7-9-12-29(30,13-10-8-2)14-11-23-18-17(16-15-24-21(3,4)26-16)25-20-19(18)27-22(5,6)28-20/h16-20H,7-15H2,1-6H3/t16-,17-,18+,19-,20-/m1/s1. The van der Waals surface area contributed by atoms with E-state index in [1.165, 1.54) is 38.0 Å². The molecule has 0 amide bonds. The Labute approximate surface area is 187 Å². The molecule has 5 atom stereocenters. The van der Waals surface area contributed by atoms with Gasteiger partial charge < -0.3 is 28.4 Å². The van der Waals surface area contributed by atoms with Crippen molar-refractivity contribution in [2.24, 2.45) is 0 Å². The van der Waals surface area contributed by atoms with Crippen LogP contribution in [0.25, 0.3) is 0 Å². The van der Waals surface area contributed by atoms with E-state index in [2.05, 4.69) is 13.8 Å². The lowest BCUT2D eigenvalue weighted by atomic mass is 10.1. The lowest BCUT2D eigenvalue weighted by Gasteiger charge is -2.30. The number of hydrogen-bond donors (Lipinski definition) is 0. The van der Waals surface area contributed by atoms with E-state index in [1.54, 1.807) is 0 Å². The van der Waals surface area contributed by atoms with Gasteiger partial charge in [0.05, 0.1) is 13.2 Å². The second-order valence-corrected chi connectivity index (χ2v) is 15.5. The average molecular weight is 465 g/mol. The lowest BCUT2D eigenvalue weighted by Crippen LogP contribution is -2.44. The highest BCUT2D eigenvalue weighted by molar-refractivity contribution is 8.14. The van der Waals surface area contributed by atoms with Gasteiger partial charge in [-0.2, -0.15) is 0 Å². The van der Waals surface area contributed by atoms with Gasteiger partial charge in [0, 0.05) is 6.16 Å². The first-order chi connectivity index (χ1) is 14.1. The van der Waals surface area contributed by atoms with Gasteiger partial charge in [-0.25, -0.2) is 0 Å².